The molecule has 0 saturated heterocycles. The van der Waals surface area contributed by atoms with E-state index in [1.165, 1.54) is 0 Å². The molecule has 0 aromatic heterocycles. The second-order valence-corrected chi connectivity index (χ2v) is 2.77. The molecule has 0 saturated carbocycles. The SMILES string of the molecule is COCC(NC(=O)CN)C(C)OC. The smallest absolute Gasteiger partial charge is 0.234 e. The molecule has 2 unspecified atom stereocenters. The number of carbonyl (C=O) groups excluding carboxylic acids is 1. The highest BCUT2D eigenvalue weighted by Crippen LogP contribution is 1.97. The Balaban J connectivity index is 4.00. The molecule has 0 bridgehead atoms. The van der Waals surface area contributed by atoms with E-state index in [-0.39, 0.29) is 24.6 Å². The van der Waals surface area contributed by atoms with Crippen LogP contribution < -0.4 is 11.1 Å². The first-order chi connectivity index (χ1) is 6.15. The Labute approximate surface area is 78.6 Å². The molecule has 1 amide bonds. The third-order valence-corrected chi connectivity index (χ3v) is 1.82. The van der Waals surface area contributed by atoms with Crippen molar-refractivity contribution in [3.8, 4) is 0 Å². The lowest BCUT2D eigenvalue weighted by Crippen LogP contribution is -2.47. The minimum Gasteiger partial charge on any atom is -0.382 e. The summed E-state index contributed by atoms with van der Waals surface area (Å²) in [7, 11) is 3.16. The summed E-state index contributed by atoms with van der Waals surface area (Å²) in [6, 6.07) is -0.147. The molecule has 0 fully saturated rings. The number of methoxy groups -OCH3 is 2. The van der Waals surface area contributed by atoms with Gasteiger partial charge in [0.25, 0.3) is 0 Å². The van der Waals surface area contributed by atoms with Crippen molar-refractivity contribution in [3.05, 3.63) is 0 Å². The molecule has 0 heterocycles. The van der Waals surface area contributed by atoms with Crippen LogP contribution in [0, 0.1) is 0 Å². The van der Waals surface area contributed by atoms with Gasteiger partial charge in [-0.2, -0.15) is 0 Å². The van der Waals surface area contributed by atoms with Crippen molar-refractivity contribution in [1.82, 2.24) is 5.32 Å². The summed E-state index contributed by atoms with van der Waals surface area (Å²) in [5.41, 5.74) is 5.16. The van der Waals surface area contributed by atoms with Crippen LogP contribution in [-0.4, -0.2) is 45.4 Å². The van der Waals surface area contributed by atoms with Crippen molar-refractivity contribution in [2.75, 3.05) is 27.4 Å². The van der Waals surface area contributed by atoms with E-state index in [9.17, 15) is 4.79 Å². The molecule has 13 heavy (non-hydrogen) atoms. The fourth-order valence-corrected chi connectivity index (χ4v) is 0.904. The maximum atomic E-state index is 11.0. The normalized spacial score (nSPS) is 15.1. The zero-order valence-corrected chi connectivity index (χ0v) is 8.37. The quantitative estimate of drug-likeness (QED) is 0.570. The second-order valence-electron chi connectivity index (χ2n) is 2.77. The fraction of sp³-hybridized carbons (Fsp3) is 0.875. The van der Waals surface area contributed by atoms with Crippen LogP contribution in [-0.2, 0) is 14.3 Å². The minimum absolute atomic E-state index is 0.0172. The fourth-order valence-electron chi connectivity index (χ4n) is 0.904. The molecule has 0 aromatic rings. The third-order valence-electron chi connectivity index (χ3n) is 1.82. The van der Waals surface area contributed by atoms with Crippen molar-refractivity contribution in [1.29, 1.82) is 0 Å². The molecule has 0 aliphatic carbocycles. The van der Waals surface area contributed by atoms with Crippen LogP contribution in [0.2, 0.25) is 0 Å². The van der Waals surface area contributed by atoms with Gasteiger partial charge in [0.15, 0.2) is 0 Å². The van der Waals surface area contributed by atoms with Crippen LogP contribution in [0.15, 0.2) is 0 Å². The van der Waals surface area contributed by atoms with Gasteiger partial charge in [-0.25, -0.2) is 0 Å². The Morgan fingerprint density at radius 2 is 2.15 bits per heavy atom. The van der Waals surface area contributed by atoms with Crippen LogP contribution >= 0.6 is 0 Å². The van der Waals surface area contributed by atoms with Gasteiger partial charge >= 0.3 is 0 Å². The van der Waals surface area contributed by atoms with Gasteiger partial charge in [-0.1, -0.05) is 0 Å². The van der Waals surface area contributed by atoms with Crippen molar-refractivity contribution in [2.24, 2.45) is 5.73 Å². The Kier molecular flexibility index (Phi) is 6.48. The number of carbonyl (C=O) groups is 1. The van der Waals surface area contributed by atoms with E-state index in [1.807, 2.05) is 6.92 Å². The predicted molar refractivity (Wildman–Crippen MR) is 49.3 cm³/mol. The summed E-state index contributed by atoms with van der Waals surface area (Å²) < 4.78 is 10.0. The van der Waals surface area contributed by atoms with Crippen molar-refractivity contribution in [2.45, 2.75) is 19.1 Å². The molecule has 5 nitrogen and oxygen atoms in total. The highest BCUT2D eigenvalue weighted by molar-refractivity contribution is 5.78. The van der Waals surface area contributed by atoms with Crippen LogP contribution in [0.5, 0.6) is 0 Å². The molecule has 5 heteroatoms. The topological polar surface area (TPSA) is 73.6 Å². The van der Waals surface area contributed by atoms with E-state index in [0.717, 1.165) is 0 Å². The summed E-state index contributed by atoms with van der Waals surface area (Å²) in [4.78, 5) is 11.0. The number of nitrogens with two attached hydrogens (primary N) is 1. The molecule has 2 atom stereocenters. The van der Waals surface area contributed by atoms with Crippen molar-refractivity contribution in [3.63, 3.8) is 0 Å². The average molecular weight is 190 g/mol. The first-order valence-electron chi connectivity index (χ1n) is 4.16. The lowest BCUT2D eigenvalue weighted by molar-refractivity contribution is -0.122. The summed E-state index contributed by atoms with van der Waals surface area (Å²) >= 11 is 0. The van der Waals surface area contributed by atoms with Gasteiger partial charge in [0.05, 0.1) is 25.3 Å². The van der Waals surface area contributed by atoms with Crippen LogP contribution in [0.3, 0.4) is 0 Å². The van der Waals surface area contributed by atoms with Gasteiger partial charge < -0.3 is 20.5 Å². The number of ether oxygens (including phenoxy) is 2. The highest BCUT2D eigenvalue weighted by Gasteiger charge is 2.18. The zero-order valence-electron chi connectivity index (χ0n) is 8.37. The lowest BCUT2D eigenvalue weighted by Gasteiger charge is -2.22. The van der Waals surface area contributed by atoms with Gasteiger partial charge in [0, 0.05) is 14.2 Å². The van der Waals surface area contributed by atoms with E-state index < -0.39 is 0 Å². The summed E-state index contributed by atoms with van der Waals surface area (Å²) in [6.07, 6.45) is -0.0875. The number of hydrogen-bond donors (Lipinski definition) is 2. The van der Waals surface area contributed by atoms with Gasteiger partial charge in [0.2, 0.25) is 5.91 Å². The zero-order chi connectivity index (χ0) is 10.3. The number of hydrogen-bond acceptors (Lipinski definition) is 4. The number of nitrogens with one attached hydrogen (secondary N) is 1. The molecular weight excluding hydrogens is 172 g/mol. The first kappa shape index (κ1) is 12.3. The second kappa shape index (κ2) is 6.82. The molecule has 0 spiro atoms. The van der Waals surface area contributed by atoms with E-state index in [0.29, 0.717) is 6.61 Å². The van der Waals surface area contributed by atoms with Gasteiger partial charge in [-0.3, -0.25) is 4.79 Å². The molecule has 0 aliphatic heterocycles. The van der Waals surface area contributed by atoms with E-state index in [1.54, 1.807) is 14.2 Å². The lowest BCUT2D eigenvalue weighted by atomic mass is 10.2. The first-order valence-corrected chi connectivity index (χ1v) is 4.16. The average Bonchev–Trinajstić information content (AvgIpc) is 2.15. The highest BCUT2D eigenvalue weighted by atomic mass is 16.5. The Morgan fingerprint density at radius 1 is 1.54 bits per heavy atom. The van der Waals surface area contributed by atoms with Gasteiger partial charge in [0.1, 0.15) is 0 Å². The molecule has 78 valence electrons. The van der Waals surface area contributed by atoms with E-state index in [2.05, 4.69) is 5.32 Å². The largest absolute Gasteiger partial charge is 0.382 e. The number of amides is 1. The summed E-state index contributed by atoms with van der Waals surface area (Å²) in [5, 5.41) is 2.70. The Morgan fingerprint density at radius 3 is 2.54 bits per heavy atom. The molecular formula is C8H18N2O3. The van der Waals surface area contributed by atoms with E-state index in [4.69, 9.17) is 15.2 Å². The Hall–Kier alpha value is -0.650. The molecule has 0 radical (unpaired) electrons. The maximum Gasteiger partial charge on any atom is 0.234 e. The molecule has 0 aromatic carbocycles. The number of rotatable bonds is 6. The third kappa shape index (κ3) is 4.82. The van der Waals surface area contributed by atoms with Gasteiger partial charge in [-0.15, -0.1) is 0 Å². The summed E-state index contributed by atoms with van der Waals surface area (Å²) in [6.45, 7) is 2.26. The summed E-state index contributed by atoms with van der Waals surface area (Å²) in [5.74, 6) is -0.203. The Bertz CT molecular complexity index is 152. The van der Waals surface area contributed by atoms with Crippen LogP contribution in [0.1, 0.15) is 6.92 Å². The van der Waals surface area contributed by atoms with E-state index >= 15 is 0 Å². The van der Waals surface area contributed by atoms with Gasteiger partial charge in [-0.05, 0) is 6.92 Å². The molecule has 3 N–H and O–H groups in total. The van der Waals surface area contributed by atoms with Crippen LogP contribution in [0.25, 0.3) is 0 Å². The minimum atomic E-state index is -0.203. The van der Waals surface area contributed by atoms with Crippen LogP contribution in [0.4, 0.5) is 0 Å². The maximum absolute atomic E-state index is 11.0. The molecule has 0 aliphatic rings. The van der Waals surface area contributed by atoms with Crippen molar-refractivity contribution >= 4 is 5.91 Å². The standard InChI is InChI=1S/C8H18N2O3/c1-6(13-3)7(5-12-2)10-8(11)4-9/h6-7H,4-5,9H2,1-3H3,(H,10,11). The molecule has 0 rings (SSSR count). The predicted octanol–water partition coefficient (Wildman–Crippen LogP) is -0.889. The monoisotopic (exact) mass is 190 g/mol. The van der Waals surface area contributed by atoms with Crippen molar-refractivity contribution < 1.29 is 14.3 Å².